The molecule has 19 heavy (non-hydrogen) atoms. The molecule has 2 N–H and O–H groups in total. The number of halogens is 2. The number of carboxylic acid groups (broad SMARTS) is 1. The van der Waals surface area contributed by atoms with E-state index in [4.69, 9.17) is 16.7 Å². The third-order valence-electron chi connectivity index (χ3n) is 2.54. The van der Waals surface area contributed by atoms with Crippen molar-refractivity contribution in [2.45, 2.75) is 13.1 Å². The number of hydrogen-bond donors (Lipinski definition) is 2. The van der Waals surface area contributed by atoms with Crippen molar-refractivity contribution >= 4 is 28.9 Å². The van der Waals surface area contributed by atoms with Gasteiger partial charge in [-0.25, -0.2) is 9.18 Å². The molecule has 0 fully saturated rings. The van der Waals surface area contributed by atoms with E-state index in [0.717, 1.165) is 4.88 Å². The predicted molar refractivity (Wildman–Crippen MR) is 73.2 cm³/mol. The number of carboxylic acids is 1. The zero-order chi connectivity index (χ0) is 13.8. The van der Waals surface area contributed by atoms with Gasteiger partial charge in [0, 0.05) is 23.5 Å². The summed E-state index contributed by atoms with van der Waals surface area (Å²) in [6.45, 7) is 0.830. The Morgan fingerprint density at radius 3 is 2.74 bits per heavy atom. The molecule has 0 aliphatic heterocycles. The molecule has 3 nitrogen and oxygen atoms in total. The Labute approximate surface area is 118 Å². The monoisotopic (exact) mass is 299 g/mol. The van der Waals surface area contributed by atoms with Crippen LogP contribution in [0, 0.1) is 5.82 Å². The molecule has 2 rings (SSSR count). The number of hydrogen-bond acceptors (Lipinski definition) is 3. The topological polar surface area (TPSA) is 49.3 Å². The molecule has 0 amide bonds. The van der Waals surface area contributed by atoms with Gasteiger partial charge in [-0.1, -0.05) is 11.6 Å². The van der Waals surface area contributed by atoms with Gasteiger partial charge in [0.1, 0.15) is 5.82 Å². The number of rotatable bonds is 5. The molecule has 0 saturated heterocycles. The third kappa shape index (κ3) is 3.76. The first-order valence-corrected chi connectivity index (χ1v) is 6.72. The molecule has 1 heterocycles. The molecule has 0 atom stereocenters. The van der Waals surface area contributed by atoms with E-state index in [1.54, 1.807) is 6.07 Å². The second-order valence-corrected chi connectivity index (χ2v) is 5.72. The van der Waals surface area contributed by atoms with Gasteiger partial charge in [-0.05, 0) is 30.3 Å². The lowest BCUT2D eigenvalue weighted by Gasteiger charge is -2.06. The Kier molecular flexibility index (Phi) is 4.52. The molecule has 0 aliphatic rings. The van der Waals surface area contributed by atoms with Crippen LogP contribution in [0.4, 0.5) is 4.39 Å². The summed E-state index contributed by atoms with van der Waals surface area (Å²) in [5.74, 6) is -1.48. The van der Waals surface area contributed by atoms with Gasteiger partial charge < -0.3 is 10.4 Å². The Balaban J connectivity index is 1.99. The zero-order valence-electron chi connectivity index (χ0n) is 9.82. The van der Waals surface area contributed by atoms with E-state index in [2.05, 4.69) is 5.32 Å². The summed E-state index contributed by atoms with van der Waals surface area (Å²) in [6, 6.07) is 7.45. The van der Waals surface area contributed by atoms with E-state index in [9.17, 15) is 9.18 Å². The van der Waals surface area contributed by atoms with Gasteiger partial charge in [0.05, 0.1) is 9.90 Å². The second-order valence-electron chi connectivity index (χ2n) is 3.92. The molecule has 0 spiro atoms. The lowest BCUT2D eigenvalue weighted by atomic mass is 10.1. The summed E-state index contributed by atoms with van der Waals surface area (Å²) >= 11 is 7.25. The minimum atomic E-state index is -1.06. The summed E-state index contributed by atoms with van der Waals surface area (Å²) in [5, 5.41) is 11.9. The van der Waals surface area contributed by atoms with Crippen LogP contribution in [0.15, 0.2) is 30.3 Å². The van der Waals surface area contributed by atoms with E-state index in [0.29, 0.717) is 16.4 Å². The van der Waals surface area contributed by atoms with E-state index in [1.165, 1.54) is 29.5 Å². The maximum absolute atomic E-state index is 13.5. The smallest absolute Gasteiger partial charge is 0.335 e. The van der Waals surface area contributed by atoms with Gasteiger partial charge in [0.15, 0.2) is 0 Å². The van der Waals surface area contributed by atoms with Crippen LogP contribution in [0.25, 0.3) is 0 Å². The fraction of sp³-hybridized carbons (Fsp3) is 0.154. The highest BCUT2D eigenvalue weighted by Gasteiger charge is 2.08. The van der Waals surface area contributed by atoms with Crippen LogP contribution in [-0.4, -0.2) is 11.1 Å². The number of carbonyl (C=O) groups is 1. The van der Waals surface area contributed by atoms with Crippen LogP contribution in [0.2, 0.25) is 4.34 Å². The average molecular weight is 300 g/mol. The first-order chi connectivity index (χ1) is 9.06. The van der Waals surface area contributed by atoms with Gasteiger partial charge >= 0.3 is 5.97 Å². The molecular formula is C13H11ClFNO2S. The zero-order valence-corrected chi connectivity index (χ0v) is 11.4. The van der Waals surface area contributed by atoms with Gasteiger partial charge in [-0.15, -0.1) is 11.3 Å². The first-order valence-electron chi connectivity index (χ1n) is 5.53. The van der Waals surface area contributed by atoms with Crippen LogP contribution in [0.1, 0.15) is 20.8 Å². The molecule has 0 bridgehead atoms. The summed E-state index contributed by atoms with van der Waals surface area (Å²) in [7, 11) is 0. The van der Waals surface area contributed by atoms with Gasteiger partial charge in [0.25, 0.3) is 0 Å². The molecule has 1 aromatic carbocycles. The van der Waals surface area contributed by atoms with Crippen LogP contribution in [-0.2, 0) is 13.1 Å². The molecule has 1 aromatic heterocycles. The van der Waals surface area contributed by atoms with Crippen molar-refractivity contribution in [2.24, 2.45) is 0 Å². The van der Waals surface area contributed by atoms with Crippen LogP contribution >= 0.6 is 22.9 Å². The van der Waals surface area contributed by atoms with Crippen molar-refractivity contribution in [3.63, 3.8) is 0 Å². The average Bonchev–Trinajstić information content (AvgIpc) is 2.77. The SMILES string of the molecule is O=C(O)c1ccc(F)c(CNCc2ccc(Cl)s2)c1. The standard InChI is InChI=1S/C13H11ClFNO2S/c14-12-4-2-10(19-12)7-16-6-9-5-8(13(17)18)1-3-11(9)15/h1-5,16H,6-7H2,(H,17,18). The molecule has 0 saturated carbocycles. The Bertz CT molecular complexity index is 600. The molecule has 0 radical (unpaired) electrons. The van der Waals surface area contributed by atoms with Crippen LogP contribution in [0.5, 0.6) is 0 Å². The highest BCUT2D eigenvalue weighted by molar-refractivity contribution is 7.16. The van der Waals surface area contributed by atoms with Gasteiger partial charge in [-0.3, -0.25) is 0 Å². The first kappa shape index (κ1) is 14.0. The molecule has 0 aliphatic carbocycles. The Morgan fingerprint density at radius 1 is 1.32 bits per heavy atom. The normalized spacial score (nSPS) is 10.6. The van der Waals surface area contributed by atoms with E-state index >= 15 is 0 Å². The van der Waals surface area contributed by atoms with Gasteiger partial charge in [0.2, 0.25) is 0 Å². The fourth-order valence-electron chi connectivity index (χ4n) is 1.61. The minimum Gasteiger partial charge on any atom is -0.478 e. The minimum absolute atomic E-state index is 0.0809. The lowest BCUT2D eigenvalue weighted by Crippen LogP contribution is -2.13. The lowest BCUT2D eigenvalue weighted by molar-refractivity contribution is 0.0696. The number of benzene rings is 1. The van der Waals surface area contributed by atoms with Gasteiger partial charge in [-0.2, -0.15) is 0 Å². The molecule has 2 aromatic rings. The maximum atomic E-state index is 13.5. The Hall–Kier alpha value is -1.43. The van der Waals surface area contributed by atoms with Crippen LogP contribution in [0.3, 0.4) is 0 Å². The summed E-state index contributed by atoms with van der Waals surface area (Å²) < 4.78 is 14.2. The second kappa shape index (κ2) is 6.14. The summed E-state index contributed by atoms with van der Waals surface area (Å²) in [6.07, 6.45) is 0. The van der Waals surface area contributed by atoms with E-state index in [1.807, 2.05) is 6.07 Å². The molecule has 6 heteroatoms. The largest absolute Gasteiger partial charge is 0.478 e. The highest BCUT2D eigenvalue weighted by atomic mass is 35.5. The number of thiophene rings is 1. The van der Waals surface area contributed by atoms with Crippen molar-refractivity contribution < 1.29 is 14.3 Å². The van der Waals surface area contributed by atoms with Crippen molar-refractivity contribution in [3.8, 4) is 0 Å². The highest BCUT2D eigenvalue weighted by Crippen LogP contribution is 2.21. The Morgan fingerprint density at radius 2 is 2.11 bits per heavy atom. The maximum Gasteiger partial charge on any atom is 0.335 e. The predicted octanol–water partition coefficient (Wildman–Crippen LogP) is 3.53. The quantitative estimate of drug-likeness (QED) is 0.888. The fourth-order valence-corrected chi connectivity index (χ4v) is 2.67. The van der Waals surface area contributed by atoms with Crippen molar-refractivity contribution in [3.05, 3.63) is 56.5 Å². The molecule has 0 unspecified atom stereocenters. The van der Waals surface area contributed by atoms with Crippen molar-refractivity contribution in [1.29, 1.82) is 0 Å². The van der Waals surface area contributed by atoms with E-state index in [-0.39, 0.29) is 12.1 Å². The molecule has 100 valence electrons. The van der Waals surface area contributed by atoms with E-state index < -0.39 is 11.8 Å². The van der Waals surface area contributed by atoms with Crippen molar-refractivity contribution in [2.75, 3.05) is 0 Å². The third-order valence-corrected chi connectivity index (χ3v) is 3.77. The van der Waals surface area contributed by atoms with Crippen LogP contribution < -0.4 is 5.32 Å². The van der Waals surface area contributed by atoms with Crippen molar-refractivity contribution in [1.82, 2.24) is 5.32 Å². The summed E-state index contributed by atoms with van der Waals surface area (Å²) in [5.41, 5.74) is 0.417. The molecular weight excluding hydrogens is 289 g/mol. The summed E-state index contributed by atoms with van der Waals surface area (Å²) in [4.78, 5) is 11.8. The number of nitrogens with one attached hydrogen (secondary N) is 1. The number of aromatic carboxylic acids is 1.